The van der Waals surface area contributed by atoms with Crippen LogP contribution in [0.25, 0.3) is 0 Å². The summed E-state index contributed by atoms with van der Waals surface area (Å²) in [6, 6.07) is 6.87. The first-order valence-corrected chi connectivity index (χ1v) is 5.81. The van der Waals surface area contributed by atoms with Crippen LogP contribution in [0.5, 0.6) is 5.75 Å². The second-order valence-electron chi connectivity index (χ2n) is 4.08. The van der Waals surface area contributed by atoms with Gasteiger partial charge < -0.3 is 15.3 Å². The van der Waals surface area contributed by atoms with E-state index in [0.717, 1.165) is 5.56 Å². The number of amides is 1. The third-order valence-corrected chi connectivity index (χ3v) is 2.81. The van der Waals surface area contributed by atoms with Gasteiger partial charge in [0.25, 0.3) is 0 Å². The van der Waals surface area contributed by atoms with E-state index in [1.165, 1.54) is 0 Å². The van der Waals surface area contributed by atoms with Gasteiger partial charge in [0.2, 0.25) is 5.91 Å². The number of phenols is 1. The zero-order chi connectivity index (χ0) is 12.8. The quantitative estimate of drug-likeness (QED) is 0.811. The molecule has 0 radical (unpaired) electrons. The first-order chi connectivity index (χ1) is 8.06. The van der Waals surface area contributed by atoms with E-state index in [-0.39, 0.29) is 17.7 Å². The fourth-order valence-corrected chi connectivity index (χ4v) is 1.50. The molecule has 0 spiro atoms. The van der Waals surface area contributed by atoms with Crippen molar-refractivity contribution in [1.29, 1.82) is 0 Å². The number of para-hydroxylation sites is 1. The van der Waals surface area contributed by atoms with E-state index >= 15 is 0 Å². The highest BCUT2D eigenvalue weighted by Gasteiger charge is 2.15. The molecule has 0 aliphatic heterocycles. The third-order valence-electron chi connectivity index (χ3n) is 2.81. The zero-order valence-electron chi connectivity index (χ0n) is 10.6. The maximum atomic E-state index is 11.8. The van der Waals surface area contributed by atoms with Crippen LogP contribution in [0, 0.1) is 0 Å². The van der Waals surface area contributed by atoms with Gasteiger partial charge in [-0.1, -0.05) is 18.2 Å². The number of likely N-dealkylation sites (N-methyl/N-ethyl adjacent to an activating group) is 1. The fraction of sp³-hybridized carbons (Fsp3) is 0.462. The number of phenolic OH excluding ortho intramolecular Hbond substituents is 1. The predicted molar refractivity (Wildman–Crippen MR) is 67.7 cm³/mol. The van der Waals surface area contributed by atoms with Crippen LogP contribution in [0.15, 0.2) is 24.3 Å². The smallest absolute Gasteiger partial charge is 0.239 e. The highest BCUT2D eigenvalue weighted by atomic mass is 16.3. The van der Waals surface area contributed by atoms with Crippen molar-refractivity contribution in [2.75, 3.05) is 13.6 Å². The molecule has 1 amide bonds. The topological polar surface area (TPSA) is 52.6 Å². The second-order valence-corrected chi connectivity index (χ2v) is 4.08. The molecule has 0 fully saturated rings. The van der Waals surface area contributed by atoms with E-state index in [9.17, 15) is 9.90 Å². The Labute approximate surface area is 102 Å². The summed E-state index contributed by atoms with van der Waals surface area (Å²) in [5, 5.41) is 12.7. The number of carbonyl (C=O) groups is 1. The molecule has 0 aliphatic rings. The minimum atomic E-state index is -0.250. The van der Waals surface area contributed by atoms with Crippen molar-refractivity contribution in [3.8, 4) is 5.75 Å². The van der Waals surface area contributed by atoms with Gasteiger partial charge in [-0.05, 0) is 19.9 Å². The van der Waals surface area contributed by atoms with Gasteiger partial charge in [-0.3, -0.25) is 4.79 Å². The van der Waals surface area contributed by atoms with Crippen LogP contribution in [-0.4, -0.2) is 35.5 Å². The van der Waals surface area contributed by atoms with Gasteiger partial charge in [-0.25, -0.2) is 0 Å². The maximum absolute atomic E-state index is 11.8. The molecule has 1 rings (SSSR count). The van der Waals surface area contributed by atoms with Gasteiger partial charge in [0, 0.05) is 25.7 Å². The van der Waals surface area contributed by atoms with Crippen LogP contribution in [0.2, 0.25) is 0 Å². The lowest BCUT2D eigenvalue weighted by Gasteiger charge is -2.20. The van der Waals surface area contributed by atoms with Gasteiger partial charge in [-0.2, -0.15) is 0 Å². The van der Waals surface area contributed by atoms with Gasteiger partial charge in [0.1, 0.15) is 5.75 Å². The van der Waals surface area contributed by atoms with Gasteiger partial charge >= 0.3 is 0 Å². The lowest BCUT2D eigenvalue weighted by Crippen LogP contribution is -2.42. The summed E-state index contributed by atoms with van der Waals surface area (Å²) < 4.78 is 0. The van der Waals surface area contributed by atoms with Crippen LogP contribution in [0.1, 0.15) is 19.4 Å². The number of carbonyl (C=O) groups excluding carboxylic acids is 1. The Morgan fingerprint density at radius 1 is 1.47 bits per heavy atom. The Kier molecular flexibility index (Phi) is 4.97. The number of nitrogens with one attached hydrogen (secondary N) is 1. The van der Waals surface area contributed by atoms with E-state index in [1.54, 1.807) is 24.1 Å². The number of rotatable bonds is 5. The highest BCUT2D eigenvalue weighted by Crippen LogP contribution is 2.15. The van der Waals surface area contributed by atoms with Crippen LogP contribution in [-0.2, 0) is 11.3 Å². The summed E-state index contributed by atoms with van der Waals surface area (Å²) in [6.45, 7) is 4.95. The summed E-state index contributed by atoms with van der Waals surface area (Å²) in [6.07, 6.45) is 0. The Morgan fingerprint density at radius 3 is 2.71 bits per heavy atom. The molecule has 1 aromatic carbocycles. The monoisotopic (exact) mass is 236 g/mol. The van der Waals surface area contributed by atoms with E-state index in [1.807, 2.05) is 26.0 Å². The second kappa shape index (κ2) is 6.25. The molecule has 1 aromatic rings. The molecule has 0 aliphatic carbocycles. The van der Waals surface area contributed by atoms with Crippen molar-refractivity contribution in [3.63, 3.8) is 0 Å². The van der Waals surface area contributed by atoms with Gasteiger partial charge in [-0.15, -0.1) is 0 Å². The minimum Gasteiger partial charge on any atom is -0.508 e. The predicted octanol–water partition coefficient (Wildman–Crippen LogP) is 1.35. The molecule has 0 aromatic heterocycles. The largest absolute Gasteiger partial charge is 0.508 e. The minimum absolute atomic E-state index is 0.0583. The first-order valence-electron chi connectivity index (χ1n) is 5.81. The molecule has 0 saturated heterocycles. The molecule has 4 nitrogen and oxygen atoms in total. The maximum Gasteiger partial charge on any atom is 0.239 e. The van der Waals surface area contributed by atoms with E-state index in [4.69, 9.17) is 0 Å². The molecule has 94 valence electrons. The molecule has 1 atom stereocenters. The molecular weight excluding hydrogens is 216 g/mol. The molecule has 17 heavy (non-hydrogen) atoms. The van der Waals surface area contributed by atoms with Crippen molar-refractivity contribution < 1.29 is 9.90 Å². The van der Waals surface area contributed by atoms with Crippen molar-refractivity contribution in [1.82, 2.24) is 10.2 Å². The molecule has 1 unspecified atom stereocenters. The van der Waals surface area contributed by atoms with Crippen LogP contribution in [0.3, 0.4) is 0 Å². The highest BCUT2D eigenvalue weighted by molar-refractivity contribution is 5.81. The number of hydrogen-bond donors (Lipinski definition) is 2. The molecular formula is C13H20N2O2. The SMILES string of the molecule is CCN(C)C(=O)C(C)NCc1ccccc1O. The third kappa shape index (κ3) is 3.75. The first kappa shape index (κ1) is 13.5. The molecule has 2 N–H and O–H groups in total. The number of aromatic hydroxyl groups is 1. The average molecular weight is 236 g/mol. The molecule has 0 heterocycles. The number of benzene rings is 1. The van der Waals surface area contributed by atoms with Crippen LogP contribution < -0.4 is 5.32 Å². The Morgan fingerprint density at radius 2 is 2.12 bits per heavy atom. The van der Waals surface area contributed by atoms with E-state index < -0.39 is 0 Å². The lowest BCUT2D eigenvalue weighted by molar-refractivity contribution is -0.131. The Balaban J connectivity index is 2.51. The summed E-state index contributed by atoms with van der Waals surface area (Å²) in [4.78, 5) is 13.5. The molecule has 0 saturated carbocycles. The van der Waals surface area contributed by atoms with Crippen molar-refractivity contribution >= 4 is 5.91 Å². The van der Waals surface area contributed by atoms with Crippen LogP contribution >= 0.6 is 0 Å². The van der Waals surface area contributed by atoms with E-state index in [0.29, 0.717) is 13.1 Å². The zero-order valence-corrected chi connectivity index (χ0v) is 10.6. The van der Waals surface area contributed by atoms with Gasteiger partial charge in [0.05, 0.1) is 6.04 Å². The van der Waals surface area contributed by atoms with Crippen molar-refractivity contribution in [2.45, 2.75) is 26.4 Å². The normalized spacial score (nSPS) is 12.2. The van der Waals surface area contributed by atoms with Crippen molar-refractivity contribution in [3.05, 3.63) is 29.8 Å². The standard InChI is InChI=1S/C13H20N2O2/c1-4-15(3)13(17)10(2)14-9-11-7-5-6-8-12(11)16/h5-8,10,14,16H,4,9H2,1-3H3. The van der Waals surface area contributed by atoms with Crippen LogP contribution in [0.4, 0.5) is 0 Å². The summed E-state index contributed by atoms with van der Waals surface area (Å²) in [7, 11) is 1.78. The lowest BCUT2D eigenvalue weighted by atomic mass is 10.2. The summed E-state index contributed by atoms with van der Waals surface area (Å²) >= 11 is 0. The average Bonchev–Trinajstić information content (AvgIpc) is 2.35. The van der Waals surface area contributed by atoms with Crippen molar-refractivity contribution in [2.24, 2.45) is 0 Å². The molecule has 0 bridgehead atoms. The number of hydrogen-bond acceptors (Lipinski definition) is 3. The fourth-order valence-electron chi connectivity index (χ4n) is 1.50. The van der Waals surface area contributed by atoms with E-state index in [2.05, 4.69) is 5.32 Å². The number of nitrogens with zero attached hydrogens (tertiary/aromatic N) is 1. The summed E-state index contributed by atoms with van der Waals surface area (Å²) in [5.41, 5.74) is 0.798. The molecule has 4 heteroatoms. The van der Waals surface area contributed by atoms with Gasteiger partial charge in [0.15, 0.2) is 0 Å². The summed E-state index contributed by atoms with van der Waals surface area (Å²) in [5.74, 6) is 0.311. The Hall–Kier alpha value is -1.55. The Bertz CT molecular complexity index is 379.